The zero-order chi connectivity index (χ0) is 19.8. The van der Waals surface area contributed by atoms with Crippen molar-refractivity contribution in [3.05, 3.63) is 35.9 Å². The van der Waals surface area contributed by atoms with E-state index >= 15 is 0 Å². The summed E-state index contributed by atoms with van der Waals surface area (Å²) in [6.07, 6.45) is 4.25. The second kappa shape index (κ2) is 10.6. The van der Waals surface area contributed by atoms with Crippen LogP contribution in [0.5, 0.6) is 0 Å². The van der Waals surface area contributed by atoms with Crippen molar-refractivity contribution in [2.75, 3.05) is 53.0 Å². The minimum Gasteiger partial charge on any atom is -0.383 e. The van der Waals surface area contributed by atoms with E-state index in [9.17, 15) is 9.59 Å². The Bertz CT molecular complexity index is 637. The van der Waals surface area contributed by atoms with E-state index < -0.39 is 0 Å². The number of ether oxygens (including phenoxy) is 1. The molecule has 0 aromatic heterocycles. The maximum absolute atomic E-state index is 12.7. The molecule has 0 radical (unpaired) electrons. The third-order valence-corrected chi connectivity index (χ3v) is 5.86. The van der Waals surface area contributed by atoms with Gasteiger partial charge in [0.2, 0.25) is 11.8 Å². The van der Waals surface area contributed by atoms with Crippen molar-refractivity contribution in [3.8, 4) is 0 Å². The van der Waals surface area contributed by atoms with Crippen LogP contribution in [0.25, 0.3) is 0 Å². The summed E-state index contributed by atoms with van der Waals surface area (Å²) in [4.78, 5) is 31.5. The highest BCUT2D eigenvalue weighted by Gasteiger charge is 2.36. The Balaban J connectivity index is 1.43. The zero-order valence-electron chi connectivity index (χ0n) is 17.0. The first-order chi connectivity index (χ1) is 13.7. The first-order valence-electron chi connectivity index (χ1n) is 10.5. The average molecular weight is 388 g/mol. The van der Waals surface area contributed by atoms with Gasteiger partial charge in [0.25, 0.3) is 0 Å². The normalized spacial score (nSPS) is 21.2. The first-order valence-corrected chi connectivity index (χ1v) is 10.5. The maximum atomic E-state index is 12.7. The molecule has 2 fully saturated rings. The molecule has 28 heavy (non-hydrogen) atoms. The highest BCUT2D eigenvalue weighted by atomic mass is 16.5. The van der Waals surface area contributed by atoms with Crippen LogP contribution < -0.4 is 0 Å². The molecule has 0 aliphatic carbocycles. The fourth-order valence-electron chi connectivity index (χ4n) is 4.23. The fraction of sp³-hybridized carbons (Fsp3) is 0.636. The predicted octanol–water partition coefficient (Wildman–Crippen LogP) is 1.79. The van der Waals surface area contributed by atoms with Gasteiger partial charge in [-0.05, 0) is 31.2 Å². The van der Waals surface area contributed by atoms with E-state index in [4.69, 9.17) is 4.74 Å². The van der Waals surface area contributed by atoms with Crippen molar-refractivity contribution in [1.82, 2.24) is 14.7 Å². The molecule has 0 N–H and O–H groups in total. The molecule has 0 saturated carbocycles. The summed E-state index contributed by atoms with van der Waals surface area (Å²) in [5.41, 5.74) is 1.29. The van der Waals surface area contributed by atoms with Crippen LogP contribution >= 0.6 is 0 Å². The van der Waals surface area contributed by atoms with E-state index in [0.717, 1.165) is 58.4 Å². The summed E-state index contributed by atoms with van der Waals surface area (Å²) < 4.78 is 5.10. The van der Waals surface area contributed by atoms with Gasteiger partial charge in [0.05, 0.1) is 12.6 Å². The molecule has 1 atom stereocenters. The molecule has 6 heteroatoms. The van der Waals surface area contributed by atoms with Crippen molar-refractivity contribution in [2.24, 2.45) is 0 Å². The molecule has 1 aromatic carbocycles. The lowest BCUT2D eigenvalue weighted by Crippen LogP contribution is -2.44. The summed E-state index contributed by atoms with van der Waals surface area (Å²) in [5.74, 6) is 0.469. The van der Waals surface area contributed by atoms with Crippen molar-refractivity contribution >= 4 is 11.8 Å². The summed E-state index contributed by atoms with van der Waals surface area (Å²) in [5, 5.41) is 0. The molecule has 2 saturated heterocycles. The third-order valence-electron chi connectivity index (χ3n) is 5.86. The Morgan fingerprint density at radius 3 is 2.71 bits per heavy atom. The molecule has 6 nitrogen and oxygen atoms in total. The van der Waals surface area contributed by atoms with Crippen LogP contribution in [-0.2, 0) is 20.7 Å². The molecule has 0 bridgehead atoms. The van der Waals surface area contributed by atoms with E-state index in [0.29, 0.717) is 19.6 Å². The van der Waals surface area contributed by atoms with Crippen LogP contribution in [0.1, 0.15) is 31.2 Å². The number of likely N-dealkylation sites (tertiary alicyclic amines) is 1. The minimum atomic E-state index is -0.0232. The van der Waals surface area contributed by atoms with Gasteiger partial charge in [-0.25, -0.2) is 0 Å². The van der Waals surface area contributed by atoms with E-state index in [1.54, 1.807) is 7.11 Å². The summed E-state index contributed by atoms with van der Waals surface area (Å²) in [6.45, 7) is 5.28. The number of amides is 2. The van der Waals surface area contributed by atoms with Gasteiger partial charge in [-0.15, -0.1) is 0 Å². The van der Waals surface area contributed by atoms with E-state index in [1.165, 1.54) is 5.56 Å². The van der Waals surface area contributed by atoms with E-state index in [1.807, 2.05) is 28.0 Å². The highest BCUT2D eigenvalue weighted by molar-refractivity contribution is 5.84. The Morgan fingerprint density at radius 1 is 1.11 bits per heavy atom. The monoisotopic (exact) mass is 387 g/mol. The summed E-state index contributed by atoms with van der Waals surface area (Å²) in [6, 6.07) is 10.3. The molecule has 0 spiro atoms. The Labute approximate surface area is 168 Å². The predicted molar refractivity (Wildman–Crippen MR) is 109 cm³/mol. The van der Waals surface area contributed by atoms with Gasteiger partial charge in [0, 0.05) is 52.8 Å². The van der Waals surface area contributed by atoms with Gasteiger partial charge in [-0.2, -0.15) is 0 Å². The molecule has 2 aliphatic rings. The second-order valence-corrected chi connectivity index (χ2v) is 7.73. The topological polar surface area (TPSA) is 53.1 Å². The fourth-order valence-corrected chi connectivity index (χ4v) is 4.23. The van der Waals surface area contributed by atoms with Crippen LogP contribution in [0.15, 0.2) is 30.3 Å². The van der Waals surface area contributed by atoms with Crippen LogP contribution in [-0.4, -0.2) is 85.5 Å². The van der Waals surface area contributed by atoms with Crippen LogP contribution in [0.4, 0.5) is 0 Å². The molecular formula is C22H33N3O3. The number of aryl methyl sites for hydroxylation is 1. The lowest BCUT2D eigenvalue weighted by molar-refractivity contribution is -0.132. The number of hydrogen-bond acceptors (Lipinski definition) is 4. The van der Waals surface area contributed by atoms with Crippen molar-refractivity contribution in [1.29, 1.82) is 0 Å². The summed E-state index contributed by atoms with van der Waals surface area (Å²) >= 11 is 0. The molecule has 0 unspecified atom stereocenters. The van der Waals surface area contributed by atoms with Crippen molar-refractivity contribution in [2.45, 2.75) is 38.1 Å². The standard InChI is InChI=1S/C22H33N3O3/c1-28-18-17-25-14-11-20(22(25)27)23-12-6-13-24(16-15-23)21(26)10-5-9-19-7-3-2-4-8-19/h2-4,7-8,20H,5-6,9-18H2,1H3/t20-/m0/s1. The maximum Gasteiger partial charge on any atom is 0.240 e. The smallest absolute Gasteiger partial charge is 0.240 e. The number of hydrogen-bond donors (Lipinski definition) is 0. The first kappa shape index (κ1) is 20.8. The second-order valence-electron chi connectivity index (χ2n) is 7.73. The number of carbonyl (C=O) groups excluding carboxylic acids is 2. The Morgan fingerprint density at radius 2 is 1.93 bits per heavy atom. The minimum absolute atomic E-state index is 0.0232. The van der Waals surface area contributed by atoms with Gasteiger partial charge < -0.3 is 14.5 Å². The number of benzene rings is 1. The SMILES string of the molecule is COCCN1CC[C@H](N2CCCN(C(=O)CCCc3ccccc3)CC2)C1=O. The quantitative estimate of drug-likeness (QED) is 0.683. The lowest BCUT2D eigenvalue weighted by atomic mass is 10.1. The molecule has 154 valence electrons. The molecule has 2 amide bonds. The zero-order valence-corrected chi connectivity index (χ0v) is 17.0. The molecule has 3 rings (SSSR count). The summed E-state index contributed by atoms with van der Waals surface area (Å²) in [7, 11) is 1.66. The van der Waals surface area contributed by atoms with E-state index in [-0.39, 0.29) is 17.9 Å². The number of carbonyl (C=O) groups is 2. The number of nitrogens with zero attached hydrogens (tertiary/aromatic N) is 3. The third kappa shape index (κ3) is 5.55. The van der Waals surface area contributed by atoms with Gasteiger partial charge >= 0.3 is 0 Å². The van der Waals surface area contributed by atoms with Gasteiger partial charge in [0.1, 0.15) is 0 Å². The van der Waals surface area contributed by atoms with E-state index in [2.05, 4.69) is 17.0 Å². The Kier molecular flexibility index (Phi) is 7.86. The molecule has 2 heterocycles. The highest BCUT2D eigenvalue weighted by Crippen LogP contribution is 2.19. The van der Waals surface area contributed by atoms with Gasteiger partial charge in [-0.1, -0.05) is 30.3 Å². The van der Waals surface area contributed by atoms with Gasteiger partial charge in [0.15, 0.2) is 0 Å². The largest absolute Gasteiger partial charge is 0.383 e. The van der Waals surface area contributed by atoms with Crippen molar-refractivity contribution in [3.63, 3.8) is 0 Å². The van der Waals surface area contributed by atoms with Gasteiger partial charge in [-0.3, -0.25) is 14.5 Å². The number of rotatable bonds is 8. The van der Waals surface area contributed by atoms with Crippen molar-refractivity contribution < 1.29 is 14.3 Å². The van der Waals surface area contributed by atoms with Crippen LogP contribution in [0.3, 0.4) is 0 Å². The Hall–Kier alpha value is -1.92. The molecular weight excluding hydrogens is 354 g/mol. The van der Waals surface area contributed by atoms with Crippen LogP contribution in [0, 0.1) is 0 Å². The number of methoxy groups -OCH3 is 1. The molecule has 2 aliphatic heterocycles. The average Bonchev–Trinajstić information content (AvgIpc) is 2.92. The van der Waals surface area contributed by atoms with Crippen LogP contribution in [0.2, 0.25) is 0 Å². The molecule has 1 aromatic rings. The lowest BCUT2D eigenvalue weighted by Gasteiger charge is -2.26.